The van der Waals surface area contributed by atoms with Gasteiger partial charge >= 0.3 is 0 Å². The van der Waals surface area contributed by atoms with Gasteiger partial charge < -0.3 is 14.6 Å². The van der Waals surface area contributed by atoms with Gasteiger partial charge in [-0.25, -0.2) is 23.7 Å². The molecule has 138 valence electrons. The number of nitrogens with zero attached hydrogens (tertiary/aromatic N) is 4. The Hall–Kier alpha value is -2.62. The van der Waals surface area contributed by atoms with Crippen molar-refractivity contribution in [2.75, 3.05) is 0 Å². The molecule has 0 bridgehead atoms. The summed E-state index contributed by atoms with van der Waals surface area (Å²) in [6.07, 6.45) is 1.27. The lowest BCUT2D eigenvalue weighted by Gasteiger charge is -2.13. The molecule has 0 unspecified atom stereocenters. The first-order chi connectivity index (χ1) is 12.3. The second-order valence-electron chi connectivity index (χ2n) is 5.11. The van der Waals surface area contributed by atoms with Crippen molar-refractivity contribution >= 4 is 39.7 Å². The molecular weight excluding hydrogens is 412 g/mol. The Bertz CT molecular complexity index is 921. The van der Waals surface area contributed by atoms with E-state index in [1.165, 1.54) is 29.8 Å². The van der Waals surface area contributed by atoms with Crippen LogP contribution in [0.1, 0.15) is 25.8 Å². The van der Waals surface area contributed by atoms with Crippen LogP contribution in [0, 0.1) is 0 Å². The maximum absolute atomic E-state index is 13.7. The van der Waals surface area contributed by atoms with Gasteiger partial charge in [0.1, 0.15) is 17.1 Å². The van der Waals surface area contributed by atoms with Crippen molar-refractivity contribution in [2.24, 2.45) is 12.0 Å². The molecule has 26 heavy (non-hydrogen) atoms. The van der Waals surface area contributed by atoms with E-state index in [1.54, 1.807) is 14.0 Å². The number of aliphatic imine (C=N–C) groups is 1. The lowest BCUT2D eigenvalue weighted by Crippen LogP contribution is -2.18. The summed E-state index contributed by atoms with van der Waals surface area (Å²) in [7, 11) is 1.59. The quantitative estimate of drug-likeness (QED) is 0.433. The van der Waals surface area contributed by atoms with Crippen LogP contribution in [0.15, 0.2) is 39.7 Å². The van der Waals surface area contributed by atoms with Crippen molar-refractivity contribution in [1.82, 2.24) is 19.9 Å². The van der Waals surface area contributed by atoms with Gasteiger partial charge in [0.2, 0.25) is 5.91 Å². The first-order valence-corrected chi connectivity index (χ1v) is 8.16. The van der Waals surface area contributed by atoms with E-state index in [-0.39, 0.29) is 40.0 Å². The molecule has 7 nitrogen and oxygen atoms in total. The highest BCUT2D eigenvalue weighted by Gasteiger charge is 2.24. The molecule has 0 radical (unpaired) electrons. The minimum atomic E-state index is -2.81. The molecule has 0 fully saturated rings. The zero-order valence-corrected chi connectivity index (χ0v) is 15.8. The summed E-state index contributed by atoms with van der Waals surface area (Å²) < 4.78 is 34.8. The predicted molar refractivity (Wildman–Crippen MR) is 97.0 cm³/mol. The average molecular weight is 428 g/mol. The van der Waals surface area contributed by atoms with Gasteiger partial charge in [-0.1, -0.05) is 0 Å². The minimum absolute atomic E-state index is 0.126. The number of hydrogen-bond donors (Lipinski definition) is 1. The van der Waals surface area contributed by atoms with Gasteiger partial charge in [0, 0.05) is 20.0 Å². The van der Waals surface area contributed by atoms with E-state index in [9.17, 15) is 13.6 Å². The van der Waals surface area contributed by atoms with Crippen LogP contribution >= 0.6 is 15.9 Å². The normalized spacial score (nSPS) is 12.6. The van der Waals surface area contributed by atoms with Crippen LogP contribution in [0.25, 0.3) is 11.2 Å². The Kier molecular flexibility index (Phi) is 6.19. The first kappa shape index (κ1) is 19.7. The minimum Gasteiger partial charge on any atom is -0.455 e. The summed E-state index contributed by atoms with van der Waals surface area (Å²) in [6, 6.07) is 0. The molecule has 10 heteroatoms. The molecular formula is C16H16BrF2N5O2. The Labute approximate surface area is 156 Å². The highest BCUT2D eigenvalue weighted by molar-refractivity contribution is 9.10. The maximum Gasteiger partial charge on any atom is 0.269 e. The van der Waals surface area contributed by atoms with Crippen LogP contribution in [0.3, 0.4) is 0 Å². The number of aryl methyl sites for hydroxylation is 1. The molecule has 0 aliphatic carbocycles. The second-order valence-corrected chi connectivity index (χ2v) is 5.82. The number of aromatic nitrogens is 3. The average Bonchev–Trinajstić information content (AvgIpc) is 2.87. The number of amides is 1. The molecule has 1 N–H and O–H groups in total. The van der Waals surface area contributed by atoms with E-state index < -0.39 is 6.43 Å². The van der Waals surface area contributed by atoms with Crippen molar-refractivity contribution < 1.29 is 18.3 Å². The summed E-state index contributed by atoms with van der Waals surface area (Å²) in [5, 5.41) is 2.45. The van der Waals surface area contributed by atoms with E-state index in [2.05, 4.69) is 42.9 Å². The largest absolute Gasteiger partial charge is 0.455 e. The molecule has 0 spiro atoms. The van der Waals surface area contributed by atoms with Crippen LogP contribution in [0.5, 0.6) is 5.75 Å². The molecule has 2 aromatic rings. The highest BCUT2D eigenvalue weighted by Crippen LogP contribution is 2.36. The number of alkyl halides is 2. The third-order valence-electron chi connectivity index (χ3n) is 3.33. The van der Waals surface area contributed by atoms with Crippen LogP contribution in [-0.4, -0.2) is 27.2 Å². The fraction of sp³-hybridized carbons (Fsp3) is 0.250. The summed E-state index contributed by atoms with van der Waals surface area (Å²) in [5.74, 6) is -0.166. The molecule has 0 saturated carbocycles. The first-order valence-electron chi connectivity index (χ1n) is 7.37. The van der Waals surface area contributed by atoms with Gasteiger partial charge in [0.05, 0.1) is 11.8 Å². The number of halogens is 3. The van der Waals surface area contributed by atoms with Crippen molar-refractivity contribution in [3.8, 4) is 5.75 Å². The molecule has 2 rings (SSSR count). The number of rotatable bonds is 6. The number of ether oxygens (including phenoxy) is 1. The van der Waals surface area contributed by atoms with Gasteiger partial charge in [-0.15, -0.1) is 0 Å². The summed E-state index contributed by atoms with van der Waals surface area (Å²) in [5.41, 5.74) is -0.00452. The summed E-state index contributed by atoms with van der Waals surface area (Å²) in [4.78, 5) is 22.9. The van der Waals surface area contributed by atoms with E-state index in [0.29, 0.717) is 4.73 Å². The van der Waals surface area contributed by atoms with Crippen LogP contribution < -0.4 is 10.1 Å². The molecule has 2 heterocycles. The Balaban J connectivity index is 2.51. The molecule has 2 aromatic heterocycles. The third-order valence-corrected chi connectivity index (χ3v) is 4.04. The van der Waals surface area contributed by atoms with Crippen LogP contribution in [-0.2, 0) is 11.8 Å². The van der Waals surface area contributed by atoms with Crippen molar-refractivity contribution in [1.29, 1.82) is 0 Å². The summed E-state index contributed by atoms with van der Waals surface area (Å²) >= 11 is 3.19. The fourth-order valence-electron chi connectivity index (χ4n) is 2.18. The predicted octanol–water partition coefficient (Wildman–Crippen LogP) is 3.63. The molecule has 1 amide bonds. The molecule has 0 aliphatic heterocycles. The lowest BCUT2D eigenvalue weighted by atomic mass is 10.2. The van der Waals surface area contributed by atoms with Crippen molar-refractivity contribution in [3.05, 3.63) is 40.2 Å². The number of nitrogens with one attached hydrogen (secondary N) is 1. The Morgan fingerprint density at radius 3 is 2.77 bits per heavy atom. The van der Waals surface area contributed by atoms with E-state index in [1.807, 2.05) is 0 Å². The third kappa shape index (κ3) is 4.13. The maximum atomic E-state index is 13.7. The van der Waals surface area contributed by atoms with Crippen molar-refractivity contribution in [2.45, 2.75) is 20.3 Å². The molecule has 0 saturated heterocycles. The zero-order chi connectivity index (χ0) is 19.4. The number of imidazole rings is 1. The Morgan fingerprint density at radius 1 is 1.54 bits per heavy atom. The molecule has 0 aliphatic rings. The van der Waals surface area contributed by atoms with E-state index in [0.717, 1.165) is 0 Å². The standard InChI is InChI=1S/C16H16BrF2N5O2/c1-5-9(6-11(20-3)22-8(2)25)26-10-7-21-15-13(12(10)14(18)19)24(4)16(17)23-15/h5-7,14H,3H2,1-2,4H3,(H,22,25)/b9-5+,11-6+. The van der Waals surface area contributed by atoms with Crippen molar-refractivity contribution in [3.63, 3.8) is 0 Å². The number of carbonyl (C=O) groups is 1. The topological polar surface area (TPSA) is 81.4 Å². The van der Waals surface area contributed by atoms with E-state index >= 15 is 0 Å². The van der Waals surface area contributed by atoms with Gasteiger partial charge in [-0.3, -0.25) is 4.79 Å². The smallest absolute Gasteiger partial charge is 0.269 e. The molecule has 0 aromatic carbocycles. The van der Waals surface area contributed by atoms with Gasteiger partial charge in [0.15, 0.2) is 16.1 Å². The van der Waals surface area contributed by atoms with Gasteiger partial charge in [-0.2, -0.15) is 0 Å². The number of hydrogen-bond acceptors (Lipinski definition) is 5. The second kappa shape index (κ2) is 8.17. The van der Waals surface area contributed by atoms with Crippen LogP contribution in [0.4, 0.5) is 8.78 Å². The van der Waals surface area contributed by atoms with Crippen LogP contribution in [0.2, 0.25) is 0 Å². The fourth-order valence-corrected chi connectivity index (χ4v) is 2.53. The molecule has 0 atom stereocenters. The lowest BCUT2D eigenvalue weighted by molar-refractivity contribution is -0.118. The van der Waals surface area contributed by atoms with E-state index in [4.69, 9.17) is 4.74 Å². The van der Waals surface area contributed by atoms with Gasteiger partial charge in [0.25, 0.3) is 6.43 Å². The number of fused-ring (bicyclic) bond motifs is 1. The Morgan fingerprint density at radius 2 is 2.23 bits per heavy atom. The number of carbonyl (C=O) groups excluding carboxylic acids is 1. The monoisotopic (exact) mass is 427 g/mol. The summed E-state index contributed by atoms with van der Waals surface area (Å²) in [6.45, 7) is 6.30. The SMILES string of the molecule is C=N/C(=C\C(=C/C)Oc1cnc2nc(Br)n(C)c2c1C(F)F)NC(C)=O. The van der Waals surface area contributed by atoms with Gasteiger partial charge in [-0.05, 0) is 35.6 Å². The number of pyridine rings is 1. The zero-order valence-electron chi connectivity index (χ0n) is 14.3. The highest BCUT2D eigenvalue weighted by atomic mass is 79.9. The number of allylic oxidation sites excluding steroid dienone is 2.